The van der Waals surface area contributed by atoms with Crippen molar-refractivity contribution < 1.29 is 9.53 Å². The smallest absolute Gasteiger partial charge is 0.265 e. The lowest BCUT2D eigenvalue weighted by atomic mass is 10.1. The van der Waals surface area contributed by atoms with E-state index in [1.165, 1.54) is 5.56 Å². The predicted octanol–water partition coefficient (Wildman–Crippen LogP) is 4.63. The lowest BCUT2D eigenvalue weighted by molar-refractivity contribution is -0.122. The number of amides is 1. The molecule has 122 valence electrons. The molecule has 0 fully saturated rings. The molecule has 0 saturated heterocycles. The van der Waals surface area contributed by atoms with Crippen LogP contribution in [0.15, 0.2) is 30.3 Å². The first-order valence-corrected chi connectivity index (χ1v) is 7.90. The van der Waals surface area contributed by atoms with Crippen molar-refractivity contribution in [2.75, 3.05) is 5.32 Å². The van der Waals surface area contributed by atoms with Gasteiger partial charge in [-0.05, 0) is 87.6 Å². The van der Waals surface area contributed by atoms with Crippen molar-refractivity contribution in [3.8, 4) is 5.75 Å². The number of nitrogens with one attached hydrogen (secondary N) is 1. The lowest BCUT2D eigenvalue weighted by Gasteiger charge is -2.18. The summed E-state index contributed by atoms with van der Waals surface area (Å²) in [6.45, 7) is 11.9. The monoisotopic (exact) mass is 311 g/mol. The third kappa shape index (κ3) is 4.35. The summed E-state index contributed by atoms with van der Waals surface area (Å²) < 4.78 is 5.89. The number of hydrogen-bond donors (Lipinski definition) is 1. The van der Waals surface area contributed by atoms with Gasteiger partial charge < -0.3 is 10.1 Å². The fourth-order valence-electron chi connectivity index (χ4n) is 2.66. The molecular formula is C20H25NO2. The first-order chi connectivity index (χ1) is 10.8. The van der Waals surface area contributed by atoms with Gasteiger partial charge in [0.1, 0.15) is 5.75 Å². The van der Waals surface area contributed by atoms with Gasteiger partial charge in [-0.3, -0.25) is 4.79 Å². The second kappa shape index (κ2) is 6.86. The number of ether oxygens (including phenoxy) is 1. The highest BCUT2D eigenvalue weighted by Gasteiger charge is 2.17. The Labute approximate surface area is 138 Å². The van der Waals surface area contributed by atoms with Crippen LogP contribution in [0.4, 0.5) is 5.69 Å². The van der Waals surface area contributed by atoms with E-state index < -0.39 is 6.10 Å². The average molecular weight is 311 g/mol. The summed E-state index contributed by atoms with van der Waals surface area (Å²) in [5.41, 5.74) is 6.42. The van der Waals surface area contributed by atoms with Gasteiger partial charge in [-0.1, -0.05) is 12.1 Å². The number of benzene rings is 2. The highest BCUT2D eigenvalue weighted by Crippen LogP contribution is 2.24. The number of aryl methyl sites for hydroxylation is 4. The standard InChI is InChI=1S/C20H25NO2/c1-12-7-13(2)10-18(9-12)21-20(22)17(6)23-19-11-14(3)8-15(4)16(19)5/h7-11,17H,1-6H3,(H,21,22)/t17-/m1/s1. The fraction of sp³-hybridized carbons (Fsp3) is 0.350. The van der Waals surface area contributed by atoms with Gasteiger partial charge in [-0.25, -0.2) is 0 Å². The average Bonchev–Trinajstić information content (AvgIpc) is 2.42. The van der Waals surface area contributed by atoms with Crippen molar-refractivity contribution in [2.45, 2.75) is 47.6 Å². The first-order valence-electron chi connectivity index (χ1n) is 7.90. The van der Waals surface area contributed by atoms with Gasteiger partial charge in [0, 0.05) is 5.69 Å². The number of hydrogen-bond acceptors (Lipinski definition) is 2. The highest BCUT2D eigenvalue weighted by atomic mass is 16.5. The Balaban J connectivity index is 2.11. The van der Waals surface area contributed by atoms with E-state index >= 15 is 0 Å². The van der Waals surface area contributed by atoms with Gasteiger partial charge in [-0.15, -0.1) is 0 Å². The van der Waals surface area contributed by atoms with Crippen molar-refractivity contribution >= 4 is 11.6 Å². The minimum absolute atomic E-state index is 0.145. The Kier molecular flexibility index (Phi) is 5.09. The molecule has 2 aromatic rings. The molecule has 1 N–H and O–H groups in total. The van der Waals surface area contributed by atoms with Gasteiger partial charge in [0.05, 0.1) is 0 Å². The molecule has 3 heteroatoms. The molecule has 0 spiro atoms. The molecule has 0 unspecified atom stereocenters. The van der Waals surface area contributed by atoms with E-state index in [0.717, 1.165) is 33.7 Å². The quantitative estimate of drug-likeness (QED) is 0.893. The molecule has 2 aromatic carbocycles. The summed E-state index contributed by atoms with van der Waals surface area (Å²) in [4.78, 5) is 12.4. The SMILES string of the molecule is Cc1cc(C)cc(NC(=O)[C@@H](C)Oc2cc(C)cc(C)c2C)c1. The van der Waals surface area contributed by atoms with Crippen molar-refractivity contribution in [1.82, 2.24) is 0 Å². The van der Waals surface area contributed by atoms with E-state index in [2.05, 4.69) is 24.4 Å². The van der Waals surface area contributed by atoms with Crippen LogP contribution in [0, 0.1) is 34.6 Å². The maximum Gasteiger partial charge on any atom is 0.265 e. The lowest BCUT2D eigenvalue weighted by Crippen LogP contribution is -2.30. The Morgan fingerprint density at radius 3 is 2.09 bits per heavy atom. The normalized spacial score (nSPS) is 11.9. The molecular weight excluding hydrogens is 286 g/mol. The first kappa shape index (κ1) is 17.1. The number of anilines is 1. The van der Waals surface area contributed by atoms with Crippen molar-refractivity contribution in [1.29, 1.82) is 0 Å². The molecule has 0 aliphatic carbocycles. The molecule has 0 saturated carbocycles. The third-order valence-electron chi connectivity index (χ3n) is 3.93. The summed E-state index contributed by atoms with van der Waals surface area (Å²) in [6, 6.07) is 10.1. The van der Waals surface area contributed by atoms with Crippen LogP contribution in [-0.4, -0.2) is 12.0 Å². The molecule has 0 aliphatic rings. The molecule has 0 aliphatic heterocycles. The number of rotatable bonds is 4. The Morgan fingerprint density at radius 2 is 1.48 bits per heavy atom. The Hall–Kier alpha value is -2.29. The van der Waals surface area contributed by atoms with Crippen LogP contribution in [0.3, 0.4) is 0 Å². The van der Waals surface area contributed by atoms with Crippen LogP contribution in [0.5, 0.6) is 5.75 Å². The maximum atomic E-state index is 12.4. The van der Waals surface area contributed by atoms with Crippen LogP contribution >= 0.6 is 0 Å². The van der Waals surface area contributed by atoms with Crippen LogP contribution < -0.4 is 10.1 Å². The van der Waals surface area contributed by atoms with Crippen molar-refractivity contribution in [3.05, 3.63) is 58.1 Å². The molecule has 2 rings (SSSR count). The van der Waals surface area contributed by atoms with Gasteiger partial charge in [0.25, 0.3) is 5.91 Å². The van der Waals surface area contributed by atoms with E-state index in [0.29, 0.717) is 0 Å². The minimum atomic E-state index is -0.560. The molecule has 1 atom stereocenters. The topological polar surface area (TPSA) is 38.3 Å². The molecule has 0 aromatic heterocycles. The van der Waals surface area contributed by atoms with E-state index in [1.54, 1.807) is 6.92 Å². The van der Waals surface area contributed by atoms with Crippen molar-refractivity contribution in [3.63, 3.8) is 0 Å². The second-order valence-electron chi connectivity index (χ2n) is 6.33. The van der Waals surface area contributed by atoms with E-state index in [1.807, 2.05) is 45.9 Å². The second-order valence-corrected chi connectivity index (χ2v) is 6.33. The zero-order chi connectivity index (χ0) is 17.1. The van der Waals surface area contributed by atoms with E-state index in [4.69, 9.17) is 4.74 Å². The summed E-state index contributed by atoms with van der Waals surface area (Å²) >= 11 is 0. The van der Waals surface area contributed by atoms with Gasteiger partial charge in [-0.2, -0.15) is 0 Å². The van der Waals surface area contributed by atoms with Crippen molar-refractivity contribution in [2.24, 2.45) is 0 Å². The van der Waals surface area contributed by atoms with Gasteiger partial charge in [0.2, 0.25) is 0 Å². The summed E-state index contributed by atoms with van der Waals surface area (Å²) in [7, 11) is 0. The van der Waals surface area contributed by atoms with Crippen LogP contribution in [-0.2, 0) is 4.79 Å². The van der Waals surface area contributed by atoms with Crippen LogP contribution in [0.1, 0.15) is 34.7 Å². The predicted molar refractivity (Wildman–Crippen MR) is 95.3 cm³/mol. The Morgan fingerprint density at radius 1 is 0.913 bits per heavy atom. The molecule has 23 heavy (non-hydrogen) atoms. The zero-order valence-corrected chi connectivity index (χ0v) is 14.8. The number of carbonyl (C=O) groups is 1. The fourth-order valence-corrected chi connectivity index (χ4v) is 2.66. The molecule has 0 bridgehead atoms. The minimum Gasteiger partial charge on any atom is -0.481 e. The van der Waals surface area contributed by atoms with Crippen LogP contribution in [0.25, 0.3) is 0 Å². The molecule has 1 amide bonds. The van der Waals surface area contributed by atoms with Crippen LogP contribution in [0.2, 0.25) is 0 Å². The summed E-state index contributed by atoms with van der Waals surface area (Å²) in [5.74, 6) is 0.624. The molecule has 3 nitrogen and oxygen atoms in total. The molecule has 0 radical (unpaired) electrons. The third-order valence-corrected chi connectivity index (χ3v) is 3.93. The highest BCUT2D eigenvalue weighted by molar-refractivity contribution is 5.94. The summed E-state index contributed by atoms with van der Waals surface area (Å²) in [5, 5.41) is 2.93. The van der Waals surface area contributed by atoms with E-state index in [-0.39, 0.29) is 5.91 Å². The van der Waals surface area contributed by atoms with E-state index in [9.17, 15) is 4.79 Å². The zero-order valence-electron chi connectivity index (χ0n) is 14.8. The van der Waals surface area contributed by atoms with Gasteiger partial charge >= 0.3 is 0 Å². The maximum absolute atomic E-state index is 12.4. The van der Waals surface area contributed by atoms with Gasteiger partial charge in [0.15, 0.2) is 6.10 Å². The largest absolute Gasteiger partial charge is 0.481 e. The molecule has 0 heterocycles. The summed E-state index contributed by atoms with van der Waals surface area (Å²) in [6.07, 6.45) is -0.560. The number of carbonyl (C=O) groups excluding carboxylic acids is 1. The Bertz CT molecular complexity index is 714.